The Morgan fingerprint density at radius 2 is 1.91 bits per heavy atom. The molecule has 0 spiro atoms. The molecule has 6 rings (SSSR count). The highest BCUT2D eigenvalue weighted by Gasteiger charge is 2.38. The van der Waals surface area contributed by atoms with Gasteiger partial charge in [0.25, 0.3) is 5.56 Å². The van der Waals surface area contributed by atoms with Gasteiger partial charge in [0.05, 0.1) is 37.0 Å². The van der Waals surface area contributed by atoms with E-state index < -0.39 is 29.2 Å². The maximum Gasteiger partial charge on any atom is 0.332 e. The number of methoxy groups -OCH3 is 1. The molecule has 3 aromatic heterocycles. The van der Waals surface area contributed by atoms with Crippen molar-refractivity contribution in [3.05, 3.63) is 67.9 Å². The molecular formula is C33H41FN6O6S. The van der Waals surface area contributed by atoms with Crippen LogP contribution in [0.25, 0.3) is 15.2 Å². The van der Waals surface area contributed by atoms with Gasteiger partial charge in [-0.1, -0.05) is 24.7 Å². The second-order valence-corrected chi connectivity index (χ2v) is 13.4. The van der Waals surface area contributed by atoms with Gasteiger partial charge in [0.1, 0.15) is 33.5 Å². The van der Waals surface area contributed by atoms with Crippen molar-refractivity contribution in [3.63, 3.8) is 0 Å². The van der Waals surface area contributed by atoms with Crippen LogP contribution >= 0.6 is 11.3 Å². The van der Waals surface area contributed by atoms with E-state index >= 15 is 0 Å². The normalized spacial score (nSPS) is 18.1. The molecule has 2 aliphatic heterocycles. The molecule has 2 saturated heterocycles. The lowest BCUT2D eigenvalue weighted by Gasteiger charge is -2.29. The van der Waals surface area contributed by atoms with E-state index in [-0.39, 0.29) is 24.6 Å². The maximum absolute atomic E-state index is 14.8. The molecule has 2 aliphatic rings. The van der Waals surface area contributed by atoms with Crippen LogP contribution in [-0.2, 0) is 27.2 Å². The molecule has 2 atom stereocenters. The maximum atomic E-state index is 14.8. The van der Waals surface area contributed by atoms with Crippen molar-refractivity contribution in [1.29, 1.82) is 0 Å². The largest absolute Gasteiger partial charge is 0.496 e. The van der Waals surface area contributed by atoms with Crippen LogP contribution in [0.15, 0.2) is 34.0 Å². The fourth-order valence-electron chi connectivity index (χ4n) is 6.56. The third-order valence-electron chi connectivity index (χ3n) is 9.00. The van der Waals surface area contributed by atoms with Gasteiger partial charge in [0, 0.05) is 36.9 Å². The lowest BCUT2D eigenvalue weighted by Crippen LogP contribution is -2.45. The molecule has 14 heteroatoms. The number of halogens is 1. The third-order valence-corrected chi connectivity index (χ3v) is 10.3. The Hall–Kier alpha value is -3.88. The Labute approximate surface area is 275 Å². The van der Waals surface area contributed by atoms with E-state index in [2.05, 4.69) is 17.1 Å². The summed E-state index contributed by atoms with van der Waals surface area (Å²) in [4.78, 5) is 46.1. The van der Waals surface area contributed by atoms with Gasteiger partial charge in [-0.3, -0.25) is 14.2 Å². The minimum Gasteiger partial charge on any atom is -0.496 e. The summed E-state index contributed by atoms with van der Waals surface area (Å²) in [5.74, 6) is -0.333. The van der Waals surface area contributed by atoms with Crippen molar-refractivity contribution in [1.82, 2.24) is 29.0 Å². The number of fused-ring (bicyclic) bond motifs is 1. The highest BCUT2D eigenvalue weighted by Crippen LogP contribution is 2.36. The summed E-state index contributed by atoms with van der Waals surface area (Å²) in [6.07, 6.45) is 3.90. The Bertz CT molecular complexity index is 1890. The van der Waals surface area contributed by atoms with Crippen LogP contribution in [0.2, 0.25) is 0 Å². The number of thiophene rings is 1. The number of aryl methyl sites for hydroxylation is 2. The number of hydrogen-bond donors (Lipinski definition) is 0. The molecule has 4 aromatic rings. The first-order valence-electron chi connectivity index (χ1n) is 16.2. The van der Waals surface area contributed by atoms with Crippen molar-refractivity contribution in [2.75, 3.05) is 26.9 Å². The number of carbonyl (C=O) groups excluding carboxylic acids is 1. The molecular weight excluding hydrogens is 627 g/mol. The fourth-order valence-corrected chi connectivity index (χ4v) is 7.78. The first-order chi connectivity index (χ1) is 22.6. The predicted molar refractivity (Wildman–Crippen MR) is 175 cm³/mol. The lowest BCUT2D eigenvalue weighted by atomic mass is 10.1. The van der Waals surface area contributed by atoms with Crippen LogP contribution in [-0.4, -0.2) is 73.9 Å². The number of rotatable bonds is 11. The van der Waals surface area contributed by atoms with Crippen molar-refractivity contribution in [2.45, 2.75) is 90.6 Å². The van der Waals surface area contributed by atoms with E-state index in [1.54, 1.807) is 18.0 Å². The monoisotopic (exact) mass is 668 g/mol. The van der Waals surface area contributed by atoms with Crippen LogP contribution in [0, 0.1) is 12.7 Å². The van der Waals surface area contributed by atoms with Gasteiger partial charge in [-0.25, -0.2) is 13.8 Å². The average molecular weight is 669 g/mol. The first kappa shape index (κ1) is 33.0. The number of nitrogens with zero attached hydrogens (tertiary/aromatic N) is 6. The molecule has 12 nitrogen and oxygen atoms in total. The van der Waals surface area contributed by atoms with Crippen molar-refractivity contribution >= 4 is 27.5 Å². The van der Waals surface area contributed by atoms with E-state index in [9.17, 15) is 18.8 Å². The van der Waals surface area contributed by atoms with E-state index in [4.69, 9.17) is 14.2 Å². The first-order valence-corrected chi connectivity index (χ1v) is 17.0. The number of likely N-dealkylation sites (tertiary alicyclic amines) is 1. The number of ether oxygens (including phenoxy) is 3. The molecule has 0 bridgehead atoms. The highest BCUT2D eigenvalue weighted by molar-refractivity contribution is 7.21. The molecule has 5 heterocycles. The third kappa shape index (κ3) is 6.25. The molecule has 1 aromatic carbocycles. The van der Waals surface area contributed by atoms with E-state index in [0.29, 0.717) is 71.1 Å². The summed E-state index contributed by atoms with van der Waals surface area (Å²) >= 11 is 1.23. The van der Waals surface area contributed by atoms with Crippen molar-refractivity contribution in [3.8, 4) is 10.8 Å². The summed E-state index contributed by atoms with van der Waals surface area (Å²) in [5.41, 5.74) is 0.693. The van der Waals surface area contributed by atoms with Gasteiger partial charge in [0.15, 0.2) is 0 Å². The summed E-state index contributed by atoms with van der Waals surface area (Å²) in [7, 11) is 1.50. The molecule has 0 saturated carbocycles. The van der Waals surface area contributed by atoms with Crippen molar-refractivity contribution in [2.24, 2.45) is 0 Å². The fraction of sp³-hybridized carbons (Fsp3) is 0.545. The average Bonchev–Trinajstić information content (AvgIpc) is 3.77. The molecule has 2 fully saturated rings. The summed E-state index contributed by atoms with van der Waals surface area (Å²) < 4.78 is 35.1. The number of aromatic nitrogens is 5. The van der Waals surface area contributed by atoms with Gasteiger partial charge in [-0.15, -0.1) is 4.80 Å². The van der Waals surface area contributed by atoms with Crippen LogP contribution in [0.5, 0.6) is 5.75 Å². The predicted octanol–water partition coefficient (Wildman–Crippen LogP) is 4.33. The Morgan fingerprint density at radius 3 is 2.60 bits per heavy atom. The quantitative estimate of drug-likeness (QED) is 0.232. The number of amides is 1. The summed E-state index contributed by atoms with van der Waals surface area (Å²) in [6.45, 7) is 9.10. The van der Waals surface area contributed by atoms with Gasteiger partial charge < -0.3 is 19.1 Å². The minimum absolute atomic E-state index is 0.0609. The summed E-state index contributed by atoms with van der Waals surface area (Å²) in [6, 6.07) is 3.17. The summed E-state index contributed by atoms with van der Waals surface area (Å²) in [5, 5.41) is 10.0. The molecule has 0 N–H and O–H groups in total. The van der Waals surface area contributed by atoms with Gasteiger partial charge >= 0.3 is 5.69 Å². The number of benzene rings is 1. The lowest BCUT2D eigenvalue weighted by molar-refractivity contribution is -0.131. The Morgan fingerprint density at radius 1 is 1.15 bits per heavy atom. The second-order valence-electron chi connectivity index (χ2n) is 12.4. The Balaban J connectivity index is 1.56. The van der Waals surface area contributed by atoms with E-state index in [0.717, 1.165) is 23.1 Å². The van der Waals surface area contributed by atoms with Crippen LogP contribution in [0.4, 0.5) is 4.39 Å². The van der Waals surface area contributed by atoms with Gasteiger partial charge in [-0.05, 0) is 64.7 Å². The topological polar surface area (TPSA) is 123 Å². The van der Waals surface area contributed by atoms with E-state index in [1.165, 1.54) is 46.0 Å². The van der Waals surface area contributed by atoms with Crippen LogP contribution < -0.4 is 16.0 Å². The molecule has 0 unspecified atom stereocenters. The molecule has 252 valence electrons. The molecule has 1 amide bonds. The molecule has 0 aliphatic carbocycles. The SMILES string of the molecule is CCCc1cnn(-c2sc3c(c2C)c(=O)n([C@@H]2CCN(C(C)C)C2=O)c(=O)n3C[C@H](OC2CCOCC2)c2cc(F)ccc2OC)n1. The van der Waals surface area contributed by atoms with E-state index in [1.807, 2.05) is 13.8 Å². The zero-order chi connectivity index (χ0) is 33.4. The second kappa shape index (κ2) is 13.7. The van der Waals surface area contributed by atoms with Crippen LogP contribution in [0.3, 0.4) is 0 Å². The van der Waals surface area contributed by atoms with Crippen LogP contribution in [0.1, 0.15) is 75.4 Å². The minimum atomic E-state index is -0.951. The molecule has 0 radical (unpaired) electrons. The standard InChI is InChI=1S/C33H41FN6O6S/c1-6-7-22-17-35-40(36-22)31-20(4)28-30(42)39(25-10-13-37(19(2)3)29(25)41)33(43)38(32(28)47-31)18-27(46-23-11-14-45-15-12-23)24-16-21(34)8-9-26(24)44-5/h8-9,16-17,19,23,25,27H,6-7,10-15,18H2,1-5H3/t25-,27+/m1/s1. The zero-order valence-corrected chi connectivity index (χ0v) is 28.2. The Kier molecular flexibility index (Phi) is 9.62. The zero-order valence-electron chi connectivity index (χ0n) is 27.4. The number of carbonyl (C=O) groups is 1. The van der Waals surface area contributed by atoms with Gasteiger partial charge in [-0.2, -0.15) is 10.2 Å². The van der Waals surface area contributed by atoms with Gasteiger partial charge in [0.2, 0.25) is 5.91 Å². The van der Waals surface area contributed by atoms with Crippen molar-refractivity contribution < 1.29 is 23.4 Å². The number of hydrogen-bond acceptors (Lipinski definition) is 9. The smallest absolute Gasteiger partial charge is 0.332 e. The highest BCUT2D eigenvalue weighted by atomic mass is 32.1. The molecule has 47 heavy (non-hydrogen) atoms.